The molecule has 0 saturated heterocycles. The topological polar surface area (TPSA) is 55.6 Å². The lowest BCUT2D eigenvalue weighted by Gasteiger charge is -2.13. The first-order valence-corrected chi connectivity index (χ1v) is 7.43. The Morgan fingerprint density at radius 2 is 2.15 bits per heavy atom. The number of nitrogens with zero attached hydrogens (tertiary/aromatic N) is 4. The zero-order valence-electron chi connectivity index (χ0n) is 12.1. The molecule has 0 fully saturated rings. The first kappa shape index (κ1) is 13.2. The molecule has 0 bridgehead atoms. The molecule has 1 N–H and O–H groups in total. The van der Waals surface area contributed by atoms with Gasteiger partial charge in [0, 0.05) is 0 Å². The largest absolute Gasteiger partial charge is 0.307 e. The van der Waals surface area contributed by atoms with Crippen LogP contribution in [0.2, 0.25) is 0 Å². The molecule has 20 heavy (non-hydrogen) atoms. The number of hydrogen-bond donors (Lipinski definition) is 1. The fraction of sp³-hybridized carbons (Fsp3) is 0.533. The van der Waals surface area contributed by atoms with Crippen molar-refractivity contribution < 1.29 is 0 Å². The van der Waals surface area contributed by atoms with Crippen LogP contribution < -0.4 is 5.32 Å². The summed E-state index contributed by atoms with van der Waals surface area (Å²) >= 11 is 0. The molecule has 1 aromatic carbocycles. The van der Waals surface area contributed by atoms with Crippen molar-refractivity contribution in [3.05, 3.63) is 35.2 Å². The highest BCUT2D eigenvalue weighted by Gasteiger charge is 2.17. The van der Waals surface area contributed by atoms with Crippen LogP contribution in [0, 0.1) is 0 Å². The van der Waals surface area contributed by atoms with Gasteiger partial charge in [-0.25, -0.2) is 0 Å². The summed E-state index contributed by atoms with van der Waals surface area (Å²) in [5, 5.41) is 15.6. The minimum absolute atomic E-state index is 0.151. The summed E-state index contributed by atoms with van der Waals surface area (Å²) in [6.45, 7) is 5.23. The van der Waals surface area contributed by atoms with Crippen LogP contribution in [-0.2, 0) is 12.8 Å². The zero-order valence-corrected chi connectivity index (χ0v) is 12.1. The molecular weight excluding hydrogens is 250 g/mol. The van der Waals surface area contributed by atoms with Crippen LogP contribution in [0.25, 0.3) is 5.69 Å². The van der Waals surface area contributed by atoms with Crippen LogP contribution in [0.15, 0.2) is 18.2 Å². The Balaban J connectivity index is 1.89. The summed E-state index contributed by atoms with van der Waals surface area (Å²) in [6.07, 6.45) is 4.73. The highest BCUT2D eigenvalue weighted by Crippen LogP contribution is 2.25. The fourth-order valence-corrected chi connectivity index (χ4v) is 2.79. The molecule has 1 aliphatic rings. The number of aryl methyl sites for hydroxylation is 2. The van der Waals surface area contributed by atoms with Crippen LogP contribution in [0.1, 0.15) is 49.7 Å². The van der Waals surface area contributed by atoms with Gasteiger partial charge in [0.1, 0.15) is 0 Å². The molecule has 0 amide bonds. The van der Waals surface area contributed by atoms with Gasteiger partial charge >= 0.3 is 0 Å². The van der Waals surface area contributed by atoms with E-state index >= 15 is 0 Å². The van der Waals surface area contributed by atoms with Crippen molar-refractivity contribution in [1.82, 2.24) is 25.5 Å². The maximum Gasteiger partial charge on any atom is 0.173 e. The summed E-state index contributed by atoms with van der Waals surface area (Å²) in [5.41, 5.74) is 3.98. The van der Waals surface area contributed by atoms with Crippen molar-refractivity contribution in [2.24, 2.45) is 0 Å². The van der Waals surface area contributed by atoms with E-state index in [4.69, 9.17) is 0 Å². The predicted octanol–water partition coefficient (Wildman–Crippen LogP) is 2.21. The molecule has 106 valence electrons. The second-order valence-corrected chi connectivity index (χ2v) is 5.43. The third kappa shape index (κ3) is 2.45. The van der Waals surface area contributed by atoms with E-state index in [1.807, 2.05) is 4.68 Å². The van der Waals surface area contributed by atoms with Gasteiger partial charge in [-0.05, 0) is 72.8 Å². The van der Waals surface area contributed by atoms with Crippen LogP contribution in [0.5, 0.6) is 0 Å². The van der Waals surface area contributed by atoms with Gasteiger partial charge in [0.15, 0.2) is 5.82 Å². The Hall–Kier alpha value is -1.75. The van der Waals surface area contributed by atoms with Crippen molar-refractivity contribution in [2.75, 3.05) is 6.54 Å². The average molecular weight is 271 g/mol. The summed E-state index contributed by atoms with van der Waals surface area (Å²) in [5.74, 6) is 0.872. The molecule has 1 unspecified atom stereocenters. The van der Waals surface area contributed by atoms with E-state index in [-0.39, 0.29) is 6.04 Å². The lowest BCUT2D eigenvalue weighted by molar-refractivity contribution is 0.531. The molecule has 5 heteroatoms. The molecule has 5 nitrogen and oxygen atoms in total. The van der Waals surface area contributed by atoms with Gasteiger partial charge in [-0.3, -0.25) is 0 Å². The quantitative estimate of drug-likeness (QED) is 0.906. The highest BCUT2D eigenvalue weighted by atomic mass is 15.5. The first-order valence-electron chi connectivity index (χ1n) is 7.43. The Labute approximate surface area is 119 Å². The molecule has 1 aromatic heterocycles. The molecule has 0 aliphatic heterocycles. The van der Waals surface area contributed by atoms with Crippen LogP contribution in [-0.4, -0.2) is 26.8 Å². The van der Waals surface area contributed by atoms with E-state index in [0.717, 1.165) is 24.5 Å². The Morgan fingerprint density at radius 3 is 3.00 bits per heavy atom. The van der Waals surface area contributed by atoms with E-state index in [0.29, 0.717) is 0 Å². The Kier molecular flexibility index (Phi) is 3.78. The molecule has 1 aliphatic carbocycles. The number of tetrazole rings is 1. The van der Waals surface area contributed by atoms with E-state index < -0.39 is 0 Å². The zero-order chi connectivity index (χ0) is 13.9. The maximum absolute atomic E-state index is 4.18. The average Bonchev–Trinajstić information content (AvgIpc) is 3.11. The molecule has 0 radical (unpaired) electrons. The predicted molar refractivity (Wildman–Crippen MR) is 77.9 cm³/mol. The van der Waals surface area contributed by atoms with Crippen molar-refractivity contribution >= 4 is 0 Å². The Morgan fingerprint density at radius 1 is 1.30 bits per heavy atom. The third-order valence-electron chi connectivity index (χ3n) is 3.91. The second kappa shape index (κ2) is 5.71. The first-order chi connectivity index (χ1) is 9.79. The van der Waals surface area contributed by atoms with Gasteiger partial charge in [0.2, 0.25) is 0 Å². The molecule has 0 spiro atoms. The smallest absolute Gasteiger partial charge is 0.173 e. The van der Waals surface area contributed by atoms with Gasteiger partial charge < -0.3 is 5.32 Å². The molecular formula is C15H21N5. The highest BCUT2D eigenvalue weighted by molar-refractivity contribution is 5.42. The molecule has 0 saturated carbocycles. The number of fused-ring (bicyclic) bond motifs is 1. The third-order valence-corrected chi connectivity index (χ3v) is 3.91. The minimum Gasteiger partial charge on any atom is -0.307 e. The van der Waals surface area contributed by atoms with Crippen molar-refractivity contribution in [2.45, 2.75) is 45.6 Å². The summed E-state index contributed by atoms with van der Waals surface area (Å²) in [4.78, 5) is 0. The van der Waals surface area contributed by atoms with E-state index in [2.05, 4.69) is 52.9 Å². The second-order valence-electron chi connectivity index (χ2n) is 5.43. The monoisotopic (exact) mass is 271 g/mol. The van der Waals surface area contributed by atoms with Gasteiger partial charge in [-0.1, -0.05) is 13.0 Å². The number of hydrogen-bond acceptors (Lipinski definition) is 4. The Bertz CT molecular complexity index is 590. The molecule has 3 rings (SSSR count). The number of nitrogens with one attached hydrogen (secondary N) is 1. The summed E-state index contributed by atoms with van der Waals surface area (Å²) in [7, 11) is 0. The van der Waals surface area contributed by atoms with E-state index in [9.17, 15) is 0 Å². The number of aromatic nitrogens is 4. The van der Waals surface area contributed by atoms with Gasteiger partial charge in [0.25, 0.3) is 0 Å². The van der Waals surface area contributed by atoms with Gasteiger partial charge in [0.05, 0.1) is 11.7 Å². The lowest BCUT2D eigenvalue weighted by Crippen LogP contribution is -2.22. The molecule has 2 aromatic rings. The van der Waals surface area contributed by atoms with Gasteiger partial charge in [-0.15, -0.1) is 5.10 Å². The fourth-order valence-electron chi connectivity index (χ4n) is 2.79. The number of rotatable bonds is 5. The molecule has 1 atom stereocenters. The van der Waals surface area contributed by atoms with E-state index in [1.54, 1.807) is 0 Å². The van der Waals surface area contributed by atoms with Crippen LogP contribution in [0.3, 0.4) is 0 Å². The summed E-state index contributed by atoms with van der Waals surface area (Å²) in [6, 6.07) is 6.72. The normalized spacial score (nSPS) is 15.3. The van der Waals surface area contributed by atoms with Crippen LogP contribution >= 0.6 is 0 Å². The summed E-state index contributed by atoms with van der Waals surface area (Å²) < 4.78 is 1.85. The number of benzene rings is 1. The van der Waals surface area contributed by atoms with E-state index in [1.165, 1.54) is 30.4 Å². The van der Waals surface area contributed by atoms with Crippen LogP contribution in [0.4, 0.5) is 0 Å². The molecule has 1 heterocycles. The maximum atomic E-state index is 4.18. The lowest BCUT2D eigenvalue weighted by atomic mass is 10.1. The SMILES string of the molecule is CCCNC(C)c1nnnn1-c1ccc2c(c1)CCC2. The van der Waals surface area contributed by atoms with Crippen molar-refractivity contribution in [3.63, 3.8) is 0 Å². The minimum atomic E-state index is 0.151. The van der Waals surface area contributed by atoms with Crippen molar-refractivity contribution in [1.29, 1.82) is 0 Å². The standard InChI is InChI=1S/C15H21N5/c1-3-9-16-11(2)15-17-18-19-20(15)14-8-7-12-5-4-6-13(12)10-14/h7-8,10-11,16H,3-6,9H2,1-2H3. The van der Waals surface area contributed by atoms with Crippen molar-refractivity contribution in [3.8, 4) is 5.69 Å². The van der Waals surface area contributed by atoms with Gasteiger partial charge in [-0.2, -0.15) is 4.68 Å².